The molecule has 0 fully saturated rings. The summed E-state index contributed by atoms with van der Waals surface area (Å²) in [6, 6.07) is 13.7. The van der Waals surface area contributed by atoms with Gasteiger partial charge in [0.1, 0.15) is 0 Å². The summed E-state index contributed by atoms with van der Waals surface area (Å²) >= 11 is 1.35. The minimum atomic E-state index is -0.813. The van der Waals surface area contributed by atoms with Crippen LogP contribution in [0.3, 0.4) is 0 Å². The lowest BCUT2D eigenvalue weighted by atomic mass is 10.1. The first-order chi connectivity index (χ1) is 15.5. The van der Waals surface area contributed by atoms with Gasteiger partial charge in [-0.1, -0.05) is 29.8 Å². The van der Waals surface area contributed by atoms with Gasteiger partial charge in [0.2, 0.25) is 5.13 Å². The molecule has 0 bridgehead atoms. The van der Waals surface area contributed by atoms with Crippen LogP contribution in [0.2, 0.25) is 0 Å². The first kappa shape index (κ1) is 21.5. The molecule has 0 saturated heterocycles. The van der Waals surface area contributed by atoms with Crippen LogP contribution in [0.4, 0.5) is 10.8 Å². The smallest absolute Gasteiger partial charge is 0.338 e. The molecule has 1 amide bonds. The summed E-state index contributed by atoms with van der Waals surface area (Å²) < 4.78 is 4.96. The fourth-order valence-electron chi connectivity index (χ4n) is 3.05. The van der Waals surface area contributed by atoms with E-state index in [2.05, 4.69) is 20.3 Å². The summed E-state index contributed by atoms with van der Waals surface area (Å²) in [6.07, 6.45) is 0. The van der Waals surface area contributed by atoms with Crippen molar-refractivity contribution < 1.29 is 14.3 Å². The second kappa shape index (κ2) is 9.19. The standard InChI is InChI=1S/C23H21N5O3S/c1-4-31-22(30)17-9-11-18(12-10-17)25-26-20-15(3)27-28(21(20)29)23-24-19(13-32-23)16-7-5-14(2)6-8-16/h5-13,20H,4H2,1-3H3. The van der Waals surface area contributed by atoms with Crippen LogP contribution in [-0.4, -0.2) is 35.2 Å². The van der Waals surface area contributed by atoms with E-state index in [0.29, 0.717) is 28.7 Å². The number of thiazole rings is 1. The predicted molar refractivity (Wildman–Crippen MR) is 124 cm³/mol. The van der Waals surface area contributed by atoms with Crippen molar-refractivity contribution in [1.29, 1.82) is 0 Å². The molecule has 8 nitrogen and oxygen atoms in total. The average Bonchev–Trinajstić information content (AvgIpc) is 3.38. The number of rotatable bonds is 6. The van der Waals surface area contributed by atoms with Crippen LogP contribution < -0.4 is 5.01 Å². The molecule has 1 aromatic heterocycles. The second-order valence-electron chi connectivity index (χ2n) is 7.16. The lowest BCUT2D eigenvalue weighted by molar-refractivity contribution is -0.117. The molecule has 9 heteroatoms. The number of ether oxygens (including phenoxy) is 1. The molecule has 1 unspecified atom stereocenters. The molecule has 1 aliphatic heterocycles. The first-order valence-electron chi connectivity index (χ1n) is 10.1. The van der Waals surface area contributed by atoms with E-state index in [1.807, 2.05) is 36.6 Å². The van der Waals surface area contributed by atoms with E-state index >= 15 is 0 Å². The van der Waals surface area contributed by atoms with E-state index in [-0.39, 0.29) is 5.91 Å². The van der Waals surface area contributed by atoms with Gasteiger partial charge in [-0.05, 0) is 45.0 Å². The lowest BCUT2D eigenvalue weighted by Crippen LogP contribution is -2.29. The van der Waals surface area contributed by atoms with E-state index in [0.717, 1.165) is 11.3 Å². The predicted octanol–water partition coefficient (Wildman–Crippen LogP) is 5.17. The van der Waals surface area contributed by atoms with Crippen molar-refractivity contribution >= 4 is 39.7 Å². The SMILES string of the molecule is CCOC(=O)c1ccc(N=NC2C(=O)N(c3nc(-c4ccc(C)cc4)cs3)N=C2C)cc1. The molecular formula is C23H21N5O3S. The zero-order valence-corrected chi connectivity index (χ0v) is 18.7. The number of hydrogen-bond donors (Lipinski definition) is 0. The summed E-state index contributed by atoms with van der Waals surface area (Å²) in [5.74, 6) is -0.701. The maximum absolute atomic E-state index is 12.9. The van der Waals surface area contributed by atoms with Crippen molar-refractivity contribution in [2.24, 2.45) is 15.3 Å². The minimum absolute atomic E-state index is 0.306. The van der Waals surface area contributed by atoms with Crippen LogP contribution in [-0.2, 0) is 9.53 Å². The van der Waals surface area contributed by atoms with Gasteiger partial charge in [-0.2, -0.15) is 20.3 Å². The summed E-state index contributed by atoms with van der Waals surface area (Å²) in [6.45, 7) is 5.83. The fourth-order valence-corrected chi connectivity index (χ4v) is 3.84. The molecule has 0 saturated carbocycles. The highest BCUT2D eigenvalue weighted by atomic mass is 32.1. The summed E-state index contributed by atoms with van der Waals surface area (Å²) in [5.41, 5.74) is 4.43. The fraction of sp³-hybridized carbons (Fsp3) is 0.217. The molecule has 0 aliphatic carbocycles. The van der Waals surface area contributed by atoms with Crippen LogP contribution in [0.15, 0.2) is 69.2 Å². The summed E-state index contributed by atoms with van der Waals surface area (Å²) in [7, 11) is 0. The van der Waals surface area contributed by atoms with E-state index in [4.69, 9.17) is 4.74 Å². The van der Waals surface area contributed by atoms with Crippen molar-refractivity contribution in [3.05, 3.63) is 65.0 Å². The Morgan fingerprint density at radius 2 is 1.84 bits per heavy atom. The van der Waals surface area contributed by atoms with E-state index in [9.17, 15) is 9.59 Å². The Bertz CT molecular complexity index is 1200. The monoisotopic (exact) mass is 447 g/mol. The van der Waals surface area contributed by atoms with Crippen LogP contribution in [0, 0.1) is 6.92 Å². The zero-order valence-electron chi connectivity index (χ0n) is 17.8. The van der Waals surface area contributed by atoms with Gasteiger partial charge in [0, 0.05) is 10.9 Å². The van der Waals surface area contributed by atoms with Gasteiger partial charge in [0.15, 0.2) is 6.04 Å². The Hall–Kier alpha value is -3.72. The Morgan fingerprint density at radius 3 is 2.53 bits per heavy atom. The van der Waals surface area contributed by atoms with Crippen molar-refractivity contribution in [3.63, 3.8) is 0 Å². The van der Waals surface area contributed by atoms with Crippen LogP contribution in [0.5, 0.6) is 0 Å². The zero-order chi connectivity index (χ0) is 22.7. The van der Waals surface area contributed by atoms with Gasteiger partial charge < -0.3 is 4.74 Å². The maximum atomic E-state index is 12.9. The number of carbonyl (C=O) groups excluding carboxylic acids is 2. The molecular weight excluding hydrogens is 426 g/mol. The highest BCUT2D eigenvalue weighted by molar-refractivity contribution is 7.14. The molecule has 0 radical (unpaired) electrons. The van der Waals surface area contributed by atoms with E-state index < -0.39 is 12.0 Å². The maximum Gasteiger partial charge on any atom is 0.338 e. The number of benzene rings is 2. The Labute approximate surface area is 189 Å². The van der Waals surface area contributed by atoms with Crippen molar-refractivity contribution in [2.45, 2.75) is 26.8 Å². The average molecular weight is 448 g/mol. The third kappa shape index (κ3) is 4.47. The van der Waals surface area contributed by atoms with Crippen LogP contribution in [0.1, 0.15) is 29.8 Å². The highest BCUT2D eigenvalue weighted by Gasteiger charge is 2.36. The highest BCUT2D eigenvalue weighted by Crippen LogP contribution is 2.31. The minimum Gasteiger partial charge on any atom is -0.462 e. The number of azo groups is 1. The number of hydrazone groups is 1. The molecule has 2 heterocycles. The number of nitrogens with zero attached hydrogens (tertiary/aromatic N) is 5. The molecule has 2 aromatic carbocycles. The third-order valence-corrected chi connectivity index (χ3v) is 5.60. The van der Waals surface area contributed by atoms with Gasteiger partial charge in [-0.3, -0.25) is 4.79 Å². The Balaban J connectivity index is 1.47. The first-order valence-corrected chi connectivity index (χ1v) is 10.9. The van der Waals surface area contributed by atoms with Gasteiger partial charge in [0.25, 0.3) is 5.91 Å². The van der Waals surface area contributed by atoms with Crippen LogP contribution >= 0.6 is 11.3 Å². The number of esters is 1. The number of carbonyl (C=O) groups is 2. The Morgan fingerprint density at radius 1 is 1.12 bits per heavy atom. The molecule has 162 valence electrons. The topological polar surface area (TPSA) is 96.6 Å². The molecule has 1 aliphatic rings. The third-order valence-electron chi connectivity index (χ3n) is 4.78. The molecule has 3 aromatic rings. The van der Waals surface area contributed by atoms with Crippen molar-refractivity contribution in [3.8, 4) is 11.3 Å². The number of aromatic nitrogens is 1. The molecule has 0 spiro atoms. The van der Waals surface area contributed by atoms with Gasteiger partial charge in [0.05, 0.1) is 29.3 Å². The van der Waals surface area contributed by atoms with E-state index in [1.165, 1.54) is 21.9 Å². The number of anilines is 1. The number of hydrogen-bond acceptors (Lipinski definition) is 8. The van der Waals surface area contributed by atoms with Crippen molar-refractivity contribution in [2.75, 3.05) is 11.6 Å². The Kier molecular flexibility index (Phi) is 6.18. The van der Waals surface area contributed by atoms with Crippen LogP contribution in [0.25, 0.3) is 11.3 Å². The quantitative estimate of drug-likeness (QED) is 0.385. The molecule has 0 N–H and O–H groups in total. The van der Waals surface area contributed by atoms with Gasteiger partial charge in [-0.15, -0.1) is 11.3 Å². The number of aryl methyl sites for hydroxylation is 1. The van der Waals surface area contributed by atoms with E-state index in [1.54, 1.807) is 38.1 Å². The number of amides is 1. The molecule has 32 heavy (non-hydrogen) atoms. The van der Waals surface area contributed by atoms with Gasteiger partial charge >= 0.3 is 5.97 Å². The second-order valence-corrected chi connectivity index (χ2v) is 7.99. The molecule has 1 atom stereocenters. The summed E-state index contributed by atoms with van der Waals surface area (Å²) in [4.78, 5) is 29.2. The van der Waals surface area contributed by atoms with Crippen molar-refractivity contribution in [1.82, 2.24) is 4.98 Å². The summed E-state index contributed by atoms with van der Waals surface area (Å²) in [5, 5.41) is 16.3. The molecule has 4 rings (SSSR count). The largest absolute Gasteiger partial charge is 0.462 e. The normalized spacial score (nSPS) is 16.0. The van der Waals surface area contributed by atoms with Gasteiger partial charge in [-0.25, -0.2) is 9.78 Å². The lowest BCUT2D eigenvalue weighted by Gasteiger charge is -2.08.